The van der Waals surface area contributed by atoms with E-state index in [1.54, 1.807) is 0 Å². The Bertz CT molecular complexity index is 358. The summed E-state index contributed by atoms with van der Waals surface area (Å²) < 4.78 is 0. The van der Waals surface area contributed by atoms with E-state index in [2.05, 4.69) is 17.2 Å². The standard InChI is InChI=1S/C8H10N2O2S.Li.H/c1-4-2-5-6(3-9-4)13-7(10-5)8(11)12;;/h4,9H,2-3H2,1H3,(H,11,12);;/q;+1;-1. The number of thiazole rings is 1. The molecule has 1 aromatic rings. The maximum absolute atomic E-state index is 10.6. The van der Waals surface area contributed by atoms with Crippen LogP contribution in [0, 0.1) is 0 Å². The second kappa shape index (κ2) is 4.45. The van der Waals surface area contributed by atoms with Gasteiger partial charge >= 0.3 is 24.8 Å². The number of rotatable bonds is 1. The van der Waals surface area contributed by atoms with Gasteiger partial charge in [-0.3, -0.25) is 0 Å². The fraction of sp³-hybridized carbons (Fsp3) is 0.500. The van der Waals surface area contributed by atoms with E-state index in [-0.39, 0.29) is 25.3 Å². The number of hydrogen-bond donors (Lipinski definition) is 2. The molecule has 72 valence electrons. The zero-order valence-corrected chi connectivity index (χ0v) is 9.02. The molecule has 14 heavy (non-hydrogen) atoms. The van der Waals surface area contributed by atoms with Crippen LogP contribution in [0.2, 0.25) is 0 Å². The molecule has 0 amide bonds. The molecule has 2 rings (SSSR count). The van der Waals surface area contributed by atoms with Crippen LogP contribution in [0.15, 0.2) is 0 Å². The third-order valence-corrected chi connectivity index (χ3v) is 3.16. The number of carboxylic acids is 1. The van der Waals surface area contributed by atoms with Crippen molar-refractivity contribution >= 4 is 17.3 Å². The largest absolute Gasteiger partial charge is 1.00 e. The van der Waals surface area contributed by atoms with Crippen LogP contribution in [-0.2, 0) is 13.0 Å². The fourth-order valence-electron chi connectivity index (χ4n) is 1.40. The van der Waals surface area contributed by atoms with Crippen LogP contribution in [0.1, 0.15) is 28.7 Å². The molecule has 0 aromatic carbocycles. The summed E-state index contributed by atoms with van der Waals surface area (Å²) >= 11 is 1.27. The number of aromatic carboxylic acids is 1. The topological polar surface area (TPSA) is 62.2 Å². The molecule has 0 spiro atoms. The van der Waals surface area contributed by atoms with Gasteiger partial charge in [0.1, 0.15) is 0 Å². The second-order valence-corrected chi connectivity index (χ2v) is 4.26. The summed E-state index contributed by atoms with van der Waals surface area (Å²) in [5.74, 6) is -0.924. The Kier molecular flexibility index (Phi) is 3.73. The van der Waals surface area contributed by atoms with Crippen LogP contribution in [0.25, 0.3) is 0 Å². The number of aromatic nitrogens is 1. The Hall–Kier alpha value is -0.343. The number of fused-ring (bicyclic) bond motifs is 1. The second-order valence-electron chi connectivity index (χ2n) is 3.18. The van der Waals surface area contributed by atoms with Gasteiger partial charge in [-0.1, -0.05) is 0 Å². The monoisotopic (exact) mass is 206 g/mol. The van der Waals surface area contributed by atoms with E-state index in [4.69, 9.17) is 5.11 Å². The average Bonchev–Trinajstić information content (AvgIpc) is 2.46. The average molecular weight is 206 g/mol. The first kappa shape index (κ1) is 11.7. The fourth-order valence-corrected chi connectivity index (χ4v) is 2.28. The summed E-state index contributed by atoms with van der Waals surface area (Å²) in [5.41, 5.74) is 0.952. The Morgan fingerprint density at radius 2 is 2.50 bits per heavy atom. The van der Waals surface area contributed by atoms with Crippen molar-refractivity contribution in [3.8, 4) is 0 Å². The molecular formula is C8H11LiN2O2S. The van der Waals surface area contributed by atoms with Gasteiger partial charge in [0.15, 0.2) is 0 Å². The molecule has 0 fully saturated rings. The van der Waals surface area contributed by atoms with Crippen LogP contribution in [-0.4, -0.2) is 22.1 Å². The molecule has 1 aliphatic rings. The molecule has 1 aromatic heterocycles. The van der Waals surface area contributed by atoms with Gasteiger partial charge in [-0.25, -0.2) is 9.78 Å². The first-order valence-corrected chi connectivity index (χ1v) is 4.93. The molecule has 0 bridgehead atoms. The van der Waals surface area contributed by atoms with E-state index in [1.165, 1.54) is 11.3 Å². The van der Waals surface area contributed by atoms with E-state index in [9.17, 15) is 4.79 Å². The van der Waals surface area contributed by atoms with Gasteiger partial charge in [-0.05, 0) is 6.92 Å². The van der Waals surface area contributed by atoms with Crippen LogP contribution in [0.5, 0.6) is 0 Å². The first-order valence-electron chi connectivity index (χ1n) is 4.12. The van der Waals surface area contributed by atoms with Crippen molar-refractivity contribution in [1.82, 2.24) is 10.3 Å². The molecule has 1 aliphatic heterocycles. The molecule has 0 saturated carbocycles. The SMILES string of the molecule is CC1Cc2nc(C(=O)O)sc2CN1.[H-].[Li+]. The molecule has 0 saturated heterocycles. The van der Waals surface area contributed by atoms with Gasteiger partial charge in [0.05, 0.1) is 5.69 Å². The first-order chi connectivity index (χ1) is 6.16. The van der Waals surface area contributed by atoms with Crippen molar-refractivity contribution in [2.45, 2.75) is 25.9 Å². The van der Waals surface area contributed by atoms with Gasteiger partial charge < -0.3 is 11.8 Å². The predicted octanol–water partition coefficient (Wildman–Crippen LogP) is -2.01. The van der Waals surface area contributed by atoms with Crippen LogP contribution in [0.4, 0.5) is 0 Å². The van der Waals surface area contributed by atoms with E-state index in [0.717, 1.165) is 23.5 Å². The molecule has 1 unspecified atom stereocenters. The Morgan fingerprint density at radius 3 is 3.14 bits per heavy atom. The summed E-state index contributed by atoms with van der Waals surface area (Å²) in [6, 6.07) is 0.399. The van der Waals surface area contributed by atoms with Gasteiger partial charge in [0.25, 0.3) is 0 Å². The Labute approximate surface area is 99.4 Å². The smallest absolute Gasteiger partial charge is 1.00 e. The summed E-state index contributed by atoms with van der Waals surface area (Å²) in [6.07, 6.45) is 0.832. The molecule has 1 atom stereocenters. The van der Waals surface area contributed by atoms with E-state index in [1.807, 2.05) is 0 Å². The summed E-state index contributed by atoms with van der Waals surface area (Å²) in [4.78, 5) is 15.8. The number of nitrogens with one attached hydrogen (secondary N) is 1. The van der Waals surface area contributed by atoms with Crippen molar-refractivity contribution in [3.63, 3.8) is 0 Å². The molecule has 2 N–H and O–H groups in total. The molecule has 4 nitrogen and oxygen atoms in total. The number of carbonyl (C=O) groups is 1. The van der Waals surface area contributed by atoms with Crippen LogP contribution in [0.3, 0.4) is 0 Å². The summed E-state index contributed by atoms with van der Waals surface area (Å²) in [7, 11) is 0. The number of carboxylic acid groups (broad SMARTS) is 1. The molecule has 6 heteroatoms. The van der Waals surface area contributed by atoms with Crippen LogP contribution < -0.4 is 24.2 Å². The van der Waals surface area contributed by atoms with E-state index >= 15 is 0 Å². The van der Waals surface area contributed by atoms with Crippen molar-refractivity contribution in [2.24, 2.45) is 0 Å². The molecule has 0 aliphatic carbocycles. The van der Waals surface area contributed by atoms with Gasteiger partial charge in [0, 0.05) is 23.9 Å². The normalized spacial score (nSPS) is 19.6. The van der Waals surface area contributed by atoms with Gasteiger partial charge in [-0.15, -0.1) is 11.3 Å². The number of hydrogen-bond acceptors (Lipinski definition) is 4. The Balaban J connectivity index is 0.000000980. The number of nitrogens with zero attached hydrogens (tertiary/aromatic N) is 1. The quantitative estimate of drug-likeness (QED) is 0.521. The van der Waals surface area contributed by atoms with Crippen molar-refractivity contribution < 1.29 is 30.2 Å². The summed E-state index contributed by atoms with van der Waals surface area (Å²) in [6.45, 7) is 2.82. The van der Waals surface area contributed by atoms with Crippen molar-refractivity contribution in [1.29, 1.82) is 0 Å². The minimum absolute atomic E-state index is 0. The third-order valence-electron chi connectivity index (χ3n) is 2.07. The minimum atomic E-state index is -0.924. The predicted molar refractivity (Wildman–Crippen MR) is 50.2 cm³/mol. The van der Waals surface area contributed by atoms with E-state index in [0.29, 0.717) is 6.04 Å². The molecular weight excluding hydrogens is 195 g/mol. The third kappa shape index (κ3) is 2.18. The van der Waals surface area contributed by atoms with Gasteiger partial charge in [0.2, 0.25) is 5.01 Å². The van der Waals surface area contributed by atoms with Crippen LogP contribution >= 0.6 is 11.3 Å². The molecule has 0 radical (unpaired) electrons. The van der Waals surface area contributed by atoms with E-state index < -0.39 is 5.97 Å². The van der Waals surface area contributed by atoms with Crippen molar-refractivity contribution in [3.05, 3.63) is 15.6 Å². The Morgan fingerprint density at radius 1 is 1.79 bits per heavy atom. The summed E-state index contributed by atoms with van der Waals surface area (Å²) in [5, 5.41) is 12.2. The van der Waals surface area contributed by atoms with Gasteiger partial charge in [-0.2, -0.15) is 0 Å². The maximum atomic E-state index is 10.6. The molecule has 2 heterocycles. The zero-order valence-electron chi connectivity index (χ0n) is 9.20. The van der Waals surface area contributed by atoms with Crippen molar-refractivity contribution in [2.75, 3.05) is 0 Å². The maximum Gasteiger partial charge on any atom is 1.00 e. The zero-order chi connectivity index (χ0) is 9.42. The minimum Gasteiger partial charge on any atom is -1.00 e.